The zero-order valence-electron chi connectivity index (χ0n) is 19.1. The van der Waals surface area contributed by atoms with E-state index in [1.165, 1.54) is 9.80 Å². The second-order valence-electron chi connectivity index (χ2n) is 8.62. The van der Waals surface area contributed by atoms with Gasteiger partial charge in [0, 0.05) is 18.7 Å². The van der Waals surface area contributed by atoms with Gasteiger partial charge in [-0.1, -0.05) is 72.5 Å². The van der Waals surface area contributed by atoms with E-state index in [1.54, 1.807) is 6.07 Å². The molecule has 3 aliphatic rings. The van der Waals surface area contributed by atoms with Gasteiger partial charge >= 0.3 is 0 Å². The van der Waals surface area contributed by atoms with Crippen molar-refractivity contribution in [3.05, 3.63) is 70.6 Å². The fourth-order valence-corrected chi connectivity index (χ4v) is 5.89. The smallest absolute Gasteiger partial charge is 0.267 e. The molecular weight excluding hydrogens is 482 g/mol. The summed E-state index contributed by atoms with van der Waals surface area (Å²) in [7, 11) is 0. The predicted molar refractivity (Wildman–Crippen MR) is 140 cm³/mol. The Morgan fingerprint density at radius 1 is 1.06 bits per heavy atom. The van der Waals surface area contributed by atoms with E-state index in [0.29, 0.717) is 52.2 Å². The number of carbonyl (C=O) groups is 3. The average Bonchev–Trinajstić information content (AvgIpc) is 3.54. The molecule has 35 heavy (non-hydrogen) atoms. The number of ether oxygens (including phenoxy) is 1. The highest BCUT2D eigenvalue weighted by Gasteiger charge is 2.43. The average molecular weight is 508 g/mol. The number of nitrogens with zero attached hydrogens (tertiary/aromatic N) is 2. The first-order valence-corrected chi connectivity index (χ1v) is 12.9. The van der Waals surface area contributed by atoms with E-state index in [1.807, 2.05) is 48.5 Å². The topological polar surface area (TPSA) is 79.0 Å². The third-order valence-corrected chi connectivity index (χ3v) is 7.74. The lowest BCUT2D eigenvalue weighted by Gasteiger charge is -2.18. The van der Waals surface area contributed by atoms with Crippen LogP contribution in [-0.4, -0.2) is 59.3 Å². The number of thioether (sulfide) groups is 1. The van der Waals surface area contributed by atoms with Crippen molar-refractivity contribution in [1.29, 1.82) is 0 Å². The summed E-state index contributed by atoms with van der Waals surface area (Å²) >= 11 is 6.62. The second kappa shape index (κ2) is 10.3. The molecule has 1 atom stereocenters. The number of para-hydroxylation sites is 1. The van der Waals surface area contributed by atoms with Crippen molar-refractivity contribution >= 4 is 57.3 Å². The Labute approximate surface area is 213 Å². The SMILES string of the molecule is O=C(CN1C(=O)C(=C2SC(=S)N(CC3CCCO3)C2=O)c2ccccc21)NCCc1ccccc1. The Morgan fingerprint density at radius 2 is 1.83 bits per heavy atom. The third-order valence-electron chi connectivity index (χ3n) is 6.29. The minimum Gasteiger partial charge on any atom is -0.376 e. The van der Waals surface area contributed by atoms with E-state index in [9.17, 15) is 14.4 Å². The van der Waals surface area contributed by atoms with Crippen LogP contribution in [0.5, 0.6) is 0 Å². The molecule has 1 N–H and O–H groups in total. The van der Waals surface area contributed by atoms with Crippen molar-refractivity contribution in [2.75, 3.05) is 31.1 Å². The Bertz CT molecular complexity index is 1210. The van der Waals surface area contributed by atoms with Gasteiger partial charge in [0.15, 0.2) is 0 Å². The lowest BCUT2D eigenvalue weighted by Crippen LogP contribution is -2.39. The number of hydrogen-bond donors (Lipinski definition) is 1. The molecule has 0 saturated carbocycles. The molecule has 180 valence electrons. The zero-order valence-corrected chi connectivity index (χ0v) is 20.7. The normalized spacial score (nSPS) is 21.7. The Balaban J connectivity index is 1.32. The first-order chi connectivity index (χ1) is 17.0. The van der Waals surface area contributed by atoms with Gasteiger partial charge < -0.3 is 10.1 Å². The number of anilines is 1. The minimum absolute atomic E-state index is 0.0375. The van der Waals surface area contributed by atoms with Crippen molar-refractivity contribution in [3.8, 4) is 0 Å². The number of nitrogens with one attached hydrogen (secondary N) is 1. The van der Waals surface area contributed by atoms with Crippen LogP contribution >= 0.6 is 24.0 Å². The van der Waals surface area contributed by atoms with Gasteiger partial charge in [0.05, 0.1) is 28.8 Å². The number of thiocarbonyl (C=S) groups is 1. The molecule has 3 amide bonds. The number of amides is 3. The van der Waals surface area contributed by atoms with E-state index in [4.69, 9.17) is 17.0 Å². The molecule has 5 rings (SSSR count). The van der Waals surface area contributed by atoms with Gasteiger partial charge in [0.1, 0.15) is 10.9 Å². The molecule has 9 heteroatoms. The molecular formula is C26H25N3O4S2. The van der Waals surface area contributed by atoms with Crippen LogP contribution in [0.25, 0.3) is 5.57 Å². The highest BCUT2D eigenvalue weighted by atomic mass is 32.2. The number of hydrogen-bond acceptors (Lipinski definition) is 6. The van der Waals surface area contributed by atoms with E-state index in [-0.39, 0.29) is 30.4 Å². The standard InChI is InChI=1S/C26H25N3O4S2/c30-21(27-13-12-17-7-2-1-3-8-17)16-28-20-11-5-4-10-19(20)22(24(28)31)23-25(32)29(26(34)35-23)15-18-9-6-14-33-18/h1-5,7-8,10-11,18H,6,9,12-16H2,(H,27,30). The van der Waals surface area contributed by atoms with Gasteiger partial charge in [-0.15, -0.1) is 0 Å². The van der Waals surface area contributed by atoms with Crippen LogP contribution < -0.4 is 10.2 Å². The quantitative estimate of drug-likeness (QED) is 0.458. The van der Waals surface area contributed by atoms with Crippen molar-refractivity contribution in [2.24, 2.45) is 0 Å². The van der Waals surface area contributed by atoms with Gasteiger partial charge in [-0.25, -0.2) is 0 Å². The maximum atomic E-state index is 13.5. The van der Waals surface area contributed by atoms with Crippen LogP contribution in [0.1, 0.15) is 24.0 Å². The van der Waals surface area contributed by atoms with Gasteiger partial charge in [0.25, 0.3) is 11.8 Å². The summed E-state index contributed by atoms with van der Waals surface area (Å²) in [5.41, 5.74) is 2.70. The van der Waals surface area contributed by atoms with Crippen LogP contribution in [0.2, 0.25) is 0 Å². The van der Waals surface area contributed by atoms with Crippen LogP contribution in [0.15, 0.2) is 59.5 Å². The summed E-state index contributed by atoms with van der Waals surface area (Å²) < 4.78 is 6.10. The van der Waals surface area contributed by atoms with E-state index in [0.717, 1.165) is 30.2 Å². The first kappa shape index (κ1) is 23.7. The summed E-state index contributed by atoms with van der Waals surface area (Å²) in [6.45, 7) is 1.44. The Hall–Kier alpha value is -3.01. The van der Waals surface area contributed by atoms with Gasteiger partial charge in [-0.05, 0) is 30.9 Å². The highest BCUT2D eigenvalue weighted by Crippen LogP contribution is 2.44. The van der Waals surface area contributed by atoms with Crippen molar-refractivity contribution in [1.82, 2.24) is 10.2 Å². The lowest BCUT2D eigenvalue weighted by molar-refractivity contribution is -0.123. The predicted octanol–water partition coefficient (Wildman–Crippen LogP) is 3.14. The van der Waals surface area contributed by atoms with Crippen LogP contribution in [-0.2, 0) is 25.5 Å². The molecule has 3 heterocycles. The fourth-order valence-electron chi connectivity index (χ4n) is 4.55. The maximum absolute atomic E-state index is 13.5. The molecule has 0 radical (unpaired) electrons. The van der Waals surface area contributed by atoms with Crippen molar-refractivity contribution in [2.45, 2.75) is 25.4 Å². The number of carbonyl (C=O) groups excluding carboxylic acids is 3. The van der Waals surface area contributed by atoms with Crippen molar-refractivity contribution in [3.63, 3.8) is 0 Å². The van der Waals surface area contributed by atoms with Gasteiger partial charge in [0.2, 0.25) is 5.91 Å². The van der Waals surface area contributed by atoms with E-state index in [2.05, 4.69) is 5.32 Å². The monoisotopic (exact) mass is 507 g/mol. The molecule has 0 spiro atoms. The molecule has 0 aliphatic carbocycles. The summed E-state index contributed by atoms with van der Waals surface area (Å²) in [5, 5.41) is 2.89. The molecule has 0 aromatic heterocycles. The number of rotatable bonds is 7. The van der Waals surface area contributed by atoms with Crippen LogP contribution in [0.4, 0.5) is 5.69 Å². The summed E-state index contributed by atoms with van der Waals surface area (Å²) in [6.07, 6.45) is 2.52. The van der Waals surface area contributed by atoms with E-state index < -0.39 is 0 Å². The fraction of sp³-hybridized carbons (Fsp3) is 0.308. The molecule has 2 aromatic carbocycles. The number of fused-ring (bicyclic) bond motifs is 1. The molecule has 0 bridgehead atoms. The largest absolute Gasteiger partial charge is 0.376 e. The second-order valence-corrected chi connectivity index (χ2v) is 10.3. The maximum Gasteiger partial charge on any atom is 0.267 e. The highest BCUT2D eigenvalue weighted by molar-refractivity contribution is 8.26. The Kier molecular flexibility index (Phi) is 6.99. The van der Waals surface area contributed by atoms with Gasteiger partial charge in [-0.3, -0.25) is 24.2 Å². The summed E-state index contributed by atoms with van der Waals surface area (Å²) in [6, 6.07) is 17.1. The first-order valence-electron chi connectivity index (χ1n) is 11.6. The van der Waals surface area contributed by atoms with Crippen molar-refractivity contribution < 1.29 is 19.1 Å². The van der Waals surface area contributed by atoms with Gasteiger partial charge in [-0.2, -0.15) is 0 Å². The number of benzene rings is 2. The van der Waals surface area contributed by atoms with Crippen LogP contribution in [0, 0.1) is 0 Å². The molecule has 2 aromatic rings. The summed E-state index contributed by atoms with van der Waals surface area (Å²) in [4.78, 5) is 42.8. The third kappa shape index (κ3) is 4.89. The molecule has 1 unspecified atom stereocenters. The molecule has 2 fully saturated rings. The zero-order chi connectivity index (χ0) is 24.4. The Morgan fingerprint density at radius 3 is 2.60 bits per heavy atom. The molecule has 7 nitrogen and oxygen atoms in total. The lowest BCUT2D eigenvalue weighted by atomic mass is 10.1. The van der Waals surface area contributed by atoms with Crippen LogP contribution in [0.3, 0.4) is 0 Å². The van der Waals surface area contributed by atoms with E-state index >= 15 is 0 Å². The summed E-state index contributed by atoms with van der Waals surface area (Å²) in [5.74, 6) is -0.888. The molecule has 2 saturated heterocycles. The minimum atomic E-state index is -0.359. The molecule has 3 aliphatic heterocycles.